The van der Waals surface area contributed by atoms with Gasteiger partial charge in [0.25, 0.3) is 0 Å². The summed E-state index contributed by atoms with van der Waals surface area (Å²) in [5, 5.41) is 0. The molecular weight excluding hydrogens is 276 g/mol. The summed E-state index contributed by atoms with van der Waals surface area (Å²) in [7, 11) is -3.21. The van der Waals surface area contributed by atoms with Gasteiger partial charge in [0.05, 0.1) is 6.26 Å². The third-order valence-electron chi connectivity index (χ3n) is 3.76. The van der Waals surface area contributed by atoms with Gasteiger partial charge in [0.2, 0.25) is 15.9 Å². The summed E-state index contributed by atoms with van der Waals surface area (Å²) in [6.07, 6.45) is 7.83. The Morgan fingerprint density at radius 2 is 1.70 bits per heavy atom. The Bertz CT molecular complexity index is 387. The van der Waals surface area contributed by atoms with E-state index in [2.05, 4.69) is 0 Å². The van der Waals surface area contributed by atoms with E-state index in [-0.39, 0.29) is 5.91 Å². The first-order chi connectivity index (χ1) is 9.45. The summed E-state index contributed by atoms with van der Waals surface area (Å²) in [6.45, 7) is 4.51. The second kappa shape index (κ2) is 8.62. The molecule has 0 unspecified atom stereocenters. The molecule has 0 spiro atoms. The van der Waals surface area contributed by atoms with Crippen molar-refractivity contribution in [2.75, 3.05) is 32.4 Å². The number of hydrogen-bond acceptors (Lipinski definition) is 3. The Labute approximate surface area is 123 Å². The maximum atomic E-state index is 12.2. The number of likely N-dealkylation sites (tertiary alicyclic amines) is 1. The molecule has 1 amide bonds. The fourth-order valence-electron chi connectivity index (χ4n) is 2.48. The van der Waals surface area contributed by atoms with Crippen molar-refractivity contribution in [3.8, 4) is 0 Å². The minimum absolute atomic E-state index is 0.0945. The molecule has 20 heavy (non-hydrogen) atoms. The van der Waals surface area contributed by atoms with E-state index < -0.39 is 10.0 Å². The second-order valence-electron chi connectivity index (χ2n) is 5.56. The smallest absolute Gasteiger partial charge is 0.223 e. The zero-order valence-electron chi connectivity index (χ0n) is 12.8. The van der Waals surface area contributed by atoms with E-state index in [9.17, 15) is 13.2 Å². The van der Waals surface area contributed by atoms with E-state index in [1.54, 1.807) is 0 Å². The average Bonchev–Trinajstić information content (AvgIpc) is 2.65. The molecule has 0 atom stereocenters. The van der Waals surface area contributed by atoms with Crippen LogP contribution in [0.15, 0.2) is 0 Å². The Morgan fingerprint density at radius 3 is 2.20 bits per heavy atom. The van der Waals surface area contributed by atoms with Gasteiger partial charge in [-0.3, -0.25) is 4.79 Å². The molecule has 1 aliphatic heterocycles. The zero-order chi connectivity index (χ0) is 15.0. The van der Waals surface area contributed by atoms with Gasteiger partial charge < -0.3 is 4.90 Å². The van der Waals surface area contributed by atoms with Crippen molar-refractivity contribution < 1.29 is 13.2 Å². The summed E-state index contributed by atoms with van der Waals surface area (Å²) in [5.74, 6) is 0.0945. The highest BCUT2D eigenvalue weighted by molar-refractivity contribution is 7.88. The molecular formula is C14H28N2O3S. The lowest BCUT2D eigenvalue weighted by molar-refractivity contribution is -0.131. The predicted octanol–water partition coefficient (Wildman–Crippen LogP) is 1.84. The van der Waals surface area contributed by atoms with E-state index in [1.165, 1.54) is 23.4 Å². The highest BCUT2D eigenvalue weighted by Gasteiger charge is 2.20. The van der Waals surface area contributed by atoms with Crippen molar-refractivity contribution in [2.24, 2.45) is 0 Å². The fourth-order valence-corrected chi connectivity index (χ4v) is 3.36. The molecule has 0 bridgehead atoms. The number of amides is 1. The topological polar surface area (TPSA) is 57.7 Å². The zero-order valence-corrected chi connectivity index (χ0v) is 13.6. The van der Waals surface area contributed by atoms with Crippen molar-refractivity contribution in [3.63, 3.8) is 0 Å². The summed E-state index contributed by atoms with van der Waals surface area (Å²) < 4.78 is 24.8. The van der Waals surface area contributed by atoms with Gasteiger partial charge in [-0.25, -0.2) is 12.7 Å². The number of carbonyl (C=O) groups excluding carboxylic acids is 1. The largest absolute Gasteiger partial charge is 0.343 e. The summed E-state index contributed by atoms with van der Waals surface area (Å²) in [6, 6.07) is 0. The first-order valence-electron chi connectivity index (χ1n) is 7.68. The molecule has 0 aromatic rings. The summed E-state index contributed by atoms with van der Waals surface area (Å²) in [5.41, 5.74) is 0. The first-order valence-corrected chi connectivity index (χ1v) is 9.53. The monoisotopic (exact) mass is 304 g/mol. The molecule has 118 valence electrons. The highest BCUT2D eigenvalue weighted by atomic mass is 32.2. The second-order valence-corrected chi connectivity index (χ2v) is 7.54. The van der Waals surface area contributed by atoms with Crippen LogP contribution in [0, 0.1) is 0 Å². The fraction of sp³-hybridized carbons (Fsp3) is 0.929. The van der Waals surface area contributed by atoms with E-state index in [1.807, 2.05) is 11.8 Å². The molecule has 1 saturated heterocycles. The standard InChI is InChI=1S/C14H28N2O3S/c1-3-4-12-16(20(2,18)19)13-9-14(17)15-10-7-5-6-8-11-15/h3-13H2,1-2H3. The van der Waals surface area contributed by atoms with Gasteiger partial charge in [-0.15, -0.1) is 0 Å². The normalized spacial score (nSPS) is 17.2. The quantitative estimate of drug-likeness (QED) is 0.721. The molecule has 0 aromatic carbocycles. The van der Waals surface area contributed by atoms with Gasteiger partial charge >= 0.3 is 0 Å². The van der Waals surface area contributed by atoms with Gasteiger partial charge in [0, 0.05) is 32.6 Å². The summed E-state index contributed by atoms with van der Waals surface area (Å²) in [4.78, 5) is 14.1. The molecule has 0 aromatic heterocycles. The lowest BCUT2D eigenvalue weighted by atomic mass is 10.2. The minimum atomic E-state index is -3.21. The van der Waals surface area contributed by atoms with Gasteiger partial charge in [-0.2, -0.15) is 0 Å². The van der Waals surface area contributed by atoms with Crippen LogP contribution in [-0.2, 0) is 14.8 Å². The van der Waals surface area contributed by atoms with Crippen LogP contribution in [0.2, 0.25) is 0 Å². The lowest BCUT2D eigenvalue weighted by Gasteiger charge is -2.23. The highest BCUT2D eigenvalue weighted by Crippen LogP contribution is 2.11. The average molecular weight is 304 g/mol. The number of hydrogen-bond donors (Lipinski definition) is 0. The Balaban J connectivity index is 2.46. The molecule has 0 aliphatic carbocycles. The van der Waals surface area contributed by atoms with Crippen LogP contribution in [0.5, 0.6) is 0 Å². The lowest BCUT2D eigenvalue weighted by Crippen LogP contribution is -2.37. The van der Waals surface area contributed by atoms with Crippen molar-refractivity contribution >= 4 is 15.9 Å². The first kappa shape index (κ1) is 17.4. The van der Waals surface area contributed by atoms with Crippen molar-refractivity contribution in [2.45, 2.75) is 51.9 Å². The van der Waals surface area contributed by atoms with Crippen LogP contribution in [0.1, 0.15) is 51.9 Å². The third-order valence-corrected chi connectivity index (χ3v) is 5.07. The van der Waals surface area contributed by atoms with Crippen LogP contribution in [-0.4, -0.2) is 56.0 Å². The van der Waals surface area contributed by atoms with Gasteiger partial charge in [0.15, 0.2) is 0 Å². The van der Waals surface area contributed by atoms with Crippen LogP contribution < -0.4 is 0 Å². The predicted molar refractivity (Wildman–Crippen MR) is 81.0 cm³/mol. The van der Waals surface area contributed by atoms with Crippen molar-refractivity contribution in [1.82, 2.24) is 9.21 Å². The Hall–Kier alpha value is -0.620. The third kappa shape index (κ3) is 6.22. The molecule has 6 heteroatoms. The van der Waals surface area contributed by atoms with Crippen LogP contribution in [0.4, 0.5) is 0 Å². The number of nitrogens with zero attached hydrogens (tertiary/aromatic N) is 2. The molecule has 1 heterocycles. The van der Waals surface area contributed by atoms with Crippen LogP contribution in [0.25, 0.3) is 0 Å². The van der Waals surface area contributed by atoms with Gasteiger partial charge in [-0.05, 0) is 19.3 Å². The van der Waals surface area contributed by atoms with Gasteiger partial charge in [-0.1, -0.05) is 26.2 Å². The molecule has 5 nitrogen and oxygen atoms in total. The van der Waals surface area contributed by atoms with Gasteiger partial charge in [0.1, 0.15) is 0 Å². The van der Waals surface area contributed by atoms with E-state index in [0.717, 1.165) is 38.8 Å². The molecule has 1 aliphatic rings. The molecule has 0 saturated carbocycles. The number of sulfonamides is 1. The maximum absolute atomic E-state index is 12.2. The van der Waals surface area contributed by atoms with Crippen LogP contribution in [0.3, 0.4) is 0 Å². The van der Waals surface area contributed by atoms with Crippen molar-refractivity contribution in [1.29, 1.82) is 0 Å². The maximum Gasteiger partial charge on any atom is 0.223 e. The number of rotatable bonds is 7. The molecule has 1 rings (SSSR count). The summed E-state index contributed by atoms with van der Waals surface area (Å²) >= 11 is 0. The minimum Gasteiger partial charge on any atom is -0.343 e. The molecule has 1 fully saturated rings. The van der Waals surface area contributed by atoms with Crippen molar-refractivity contribution in [3.05, 3.63) is 0 Å². The number of carbonyl (C=O) groups is 1. The van der Waals surface area contributed by atoms with E-state index in [4.69, 9.17) is 0 Å². The van der Waals surface area contributed by atoms with Crippen LogP contribution >= 0.6 is 0 Å². The van der Waals surface area contributed by atoms with E-state index in [0.29, 0.717) is 19.5 Å². The van der Waals surface area contributed by atoms with E-state index >= 15 is 0 Å². The number of unbranched alkanes of at least 4 members (excludes halogenated alkanes) is 1. The Morgan fingerprint density at radius 1 is 1.10 bits per heavy atom. The Kier molecular flexibility index (Phi) is 7.51. The molecule has 0 radical (unpaired) electrons. The molecule has 0 N–H and O–H groups in total. The SMILES string of the molecule is CCCCN(CCC(=O)N1CCCCCC1)S(C)(=O)=O.